The van der Waals surface area contributed by atoms with Crippen molar-refractivity contribution < 1.29 is 0 Å². The fourth-order valence-electron chi connectivity index (χ4n) is 4.60. The number of nitrogens with two attached hydrogens (primary N) is 1. The molecule has 2 heterocycles. The van der Waals surface area contributed by atoms with Gasteiger partial charge < -0.3 is 5.73 Å². The summed E-state index contributed by atoms with van der Waals surface area (Å²) in [5.74, 6) is 1.03. The third-order valence-corrected chi connectivity index (χ3v) is 5.82. The molecule has 1 unspecified atom stereocenters. The minimum atomic E-state index is -0.115. The Morgan fingerprint density at radius 3 is 2.58 bits per heavy atom. The first kappa shape index (κ1) is 17.4. The largest absolute Gasteiger partial charge is 0.324 e. The van der Waals surface area contributed by atoms with Crippen molar-refractivity contribution >= 4 is 23.3 Å². The number of aromatic nitrogens is 2. The average Bonchev–Trinajstić information content (AvgIpc) is 2.87. The van der Waals surface area contributed by atoms with Gasteiger partial charge in [-0.05, 0) is 50.3 Å². The molecule has 1 saturated carbocycles. The Labute approximate surface area is 148 Å². The van der Waals surface area contributed by atoms with Crippen molar-refractivity contribution in [2.45, 2.75) is 70.4 Å². The van der Waals surface area contributed by atoms with Crippen LogP contribution in [0.15, 0.2) is 16.9 Å². The number of halogens is 1. The molecule has 1 aromatic carbocycles. The topological polar surface area (TPSA) is 60.9 Å². The molecule has 1 spiro atoms. The van der Waals surface area contributed by atoms with Gasteiger partial charge in [0.2, 0.25) is 0 Å². The third kappa shape index (κ3) is 2.47. The van der Waals surface area contributed by atoms with E-state index in [9.17, 15) is 4.79 Å². The molecule has 5 heteroatoms. The van der Waals surface area contributed by atoms with E-state index >= 15 is 0 Å². The monoisotopic (exact) mass is 347 g/mol. The Morgan fingerprint density at radius 1 is 1.21 bits per heavy atom. The van der Waals surface area contributed by atoms with Gasteiger partial charge in [0.05, 0.1) is 10.9 Å². The summed E-state index contributed by atoms with van der Waals surface area (Å²) in [4.78, 5) is 18.1. The van der Waals surface area contributed by atoms with E-state index in [0.29, 0.717) is 0 Å². The van der Waals surface area contributed by atoms with E-state index in [1.807, 2.05) is 24.5 Å². The van der Waals surface area contributed by atoms with Gasteiger partial charge in [0, 0.05) is 18.0 Å². The third-order valence-electron chi connectivity index (χ3n) is 5.82. The average molecular weight is 348 g/mol. The van der Waals surface area contributed by atoms with Crippen LogP contribution in [-0.4, -0.2) is 9.55 Å². The number of aryl methyl sites for hydroxylation is 1. The van der Waals surface area contributed by atoms with Crippen LogP contribution in [0.5, 0.6) is 0 Å². The molecule has 4 nitrogen and oxygen atoms in total. The van der Waals surface area contributed by atoms with E-state index in [0.717, 1.165) is 40.8 Å². The normalized spacial score (nSPS) is 20.0. The minimum absolute atomic E-state index is 0. The van der Waals surface area contributed by atoms with Gasteiger partial charge in [0.25, 0.3) is 5.56 Å². The van der Waals surface area contributed by atoms with Crippen molar-refractivity contribution in [1.29, 1.82) is 0 Å². The molecule has 2 N–H and O–H groups in total. The molecule has 1 aliphatic heterocycles. The quantitative estimate of drug-likeness (QED) is 0.854. The van der Waals surface area contributed by atoms with Crippen LogP contribution in [0, 0.1) is 6.92 Å². The Kier molecular flexibility index (Phi) is 4.47. The highest BCUT2D eigenvalue weighted by Gasteiger charge is 2.42. The van der Waals surface area contributed by atoms with Crippen LogP contribution >= 0.6 is 12.4 Å². The van der Waals surface area contributed by atoms with Crippen LogP contribution in [0.1, 0.15) is 68.4 Å². The zero-order valence-electron chi connectivity index (χ0n) is 14.5. The van der Waals surface area contributed by atoms with Crippen molar-refractivity contribution in [3.63, 3.8) is 0 Å². The standard InChI is InChI=1S/C19H25N3O.ClH/c1-12-10-14(13(2)20)16-15(11-12)17(23)22-9-8-19(18(22)21-16)6-4-3-5-7-19;/h10-11,13H,3-9,20H2,1-2H3;1H. The Balaban J connectivity index is 0.00000169. The second-order valence-corrected chi connectivity index (χ2v) is 7.52. The summed E-state index contributed by atoms with van der Waals surface area (Å²) in [7, 11) is 0. The first-order valence-corrected chi connectivity index (χ1v) is 8.83. The summed E-state index contributed by atoms with van der Waals surface area (Å²) in [6.45, 7) is 4.81. The smallest absolute Gasteiger partial charge is 0.261 e. The Hall–Kier alpha value is -1.39. The lowest BCUT2D eigenvalue weighted by Gasteiger charge is -2.32. The highest BCUT2D eigenvalue weighted by molar-refractivity contribution is 5.85. The van der Waals surface area contributed by atoms with E-state index in [1.54, 1.807) is 0 Å². The van der Waals surface area contributed by atoms with Crippen LogP contribution in [0.3, 0.4) is 0 Å². The molecule has 2 aromatic rings. The van der Waals surface area contributed by atoms with Crippen LogP contribution in [0.2, 0.25) is 0 Å². The molecular formula is C19H26ClN3O. The molecule has 1 fully saturated rings. The number of nitrogens with zero attached hydrogens (tertiary/aromatic N) is 2. The SMILES string of the molecule is Cc1cc(C(C)N)c2nc3n(c(=O)c2c1)CCC31CCCCC1.Cl. The second-order valence-electron chi connectivity index (χ2n) is 7.52. The van der Waals surface area contributed by atoms with Crippen molar-refractivity contribution in [2.24, 2.45) is 5.73 Å². The molecule has 130 valence electrons. The maximum Gasteiger partial charge on any atom is 0.261 e. The number of fused-ring (bicyclic) bond motifs is 3. The van der Waals surface area contributed by atoms with Gasteiger partial charge in [0.1, 0.15) is 5.82 Å². The summed E-state index contributed by atoms with van der Waals surface area (Å²) < 4.78 is 1.94. The van der Waals surface area contributed by atoms with Gasteiger partial charge in [-0.3, -0.25) is 9.36 Å². The Bertz CT molecular complexity index is 835. The molecular weight excluding hydrogens is 322 g/mol. The molecule has 24 heavy (non-hydrogen) atoms. The summed E-state index contributed by atoms with van der Waals surface area (Å²) in [5.41, 5.74) is 9.32. The molecule has 0 saturated heterocycles. The molecule has 0 radical (unpaired) electrons. The lowest BCUT2D eigenvalue weighted by Crippen LogP contribution is -2.31. The highest BCUT2D eigenvalue weighted by atomic mass is 35.5. The molecule has 0 amide bonds. The van der Waals surface area contributed by atoms with Gasteiger partial charge >= 0.3 is 0 Å². The summed E-state index contributed by atoms with van der Waals surface area (Å²) in [6.07, 6.45) is 7.22. The molecule has 4 rings (SSSR count). The Morgan fingerprint density at radius 2 is 1.92 bits per heavy atom. The maximum atomic E-state index is 13.1. The van der Waals surface area contributed by atoms with Crippen LogP contribution in [-0.2, 0) is 12.0 Å². The first-order valence-electron chi connectivity index (χ1n) is 8.83. The van der Waals surface area contributed by atoms with E-state index in [-0.39, 0.29) is 29.4 Å². The van der Waals surface area contributed by atoms with Gasteiger partial charge in [0.15, 0.2) is 0 Å². The van der Waals surface area contributed by atoms with Gasteiger partial charge in [-0.25, -0.2) is 4.98 Å². The van der Waals surface area contributed by atoms with Crippen molar-refractivity contribution in [3.8, 4) is 0 Å². The van der Waals surface area contributed by atoms with Crippen LogP contribution < -0.4 is 11.3 Å². The molecule has 0 bridgehead atoms. The van der Waals surface area contributed by atoms with Gasteiger partial charge in [-0.1, -0.05) is 25.3 Å². The molecule has 1 aliphatic carbocycles. The fraction of sp³-hybridized carbons (Fsp3) is 0.579. The van der Waals surface area contributed by atoms with Gasteiger partial charge in [-0.15, -0.1) is 12.4 Å². The summed E-state index contributed by atoms with van der Waals surface area (Å²) in [6, 6.07) is 3.94. The predicted octanol–water partition coefficient (Wildman–Crippen LogP) is 3.75. The first-order chi connectivity index (χ1) is 11.0. The van der Waals surface area contributed by atoms with E-state index in [1.165, 1.54) is 32.1 Å². The maximum absolute atomic E-state index is 13.1. The van der Waals surface area contributed by atoms with E-state index in [2.05, 4.69) is 6.07 Å². The summed E-state index contributed by atoms with van der Waals surface area (Å²) in [5, 5.41) is 0.730. The summed E-state index contributed by atoms with van der Waals surface area (Å²) >= 11 is 0. The highest BCUT2D eigenvalue weighted by Crippen LogP contribution is 2.45. The number of rotatable bonds is 1. The van der Waals surface area contributed by atoms with E-state index < -0.39 is 0 Å². The number of benzene rings is 1. The lowest BCUT2D eigenvalue weighted by atomic mass is 9.72. The molecule has 2 aliphatic rings. The number of hydrogen-bond acceptors (Lipinski definition) is 3. The van der Waals surface area contributed by atoms with Crippen LogP contribution in [0.25, 0.3) is 10.9 Å². The zero-order valence-corrected chi connectivity index (χ0v) is 15.3. The second kappa shape index (κ2) is 6.16. The van der Waals surface area contributed by atoms with Crippen LogP contribution in [0.4, 0.5) is 0 Å². The fourth-order valence-corrected chi connectivity index (χ4v) is 4.60. The molecule has 1 atom stereocenters. The van der Waals surface area contributed by atoms with Crippen molar-refractivity contribution in [1.82, 2.24) is 9.55 Å². The van der Waals surface area contributed by atoms with Crippen molar-refractivity contribution in [2.75, 3.05) is 0 Å². The lowest BCUT2D eigenvalue weighted by molar-refractivity contribution is 0.286. The van der Waals surface area contributed by atoms with Gasteiger partial charge in [-0.2, -0.15) is 0 Å². The van der Waals surface area contributed by atoms with Crippen molar-refractivity contribution in [3.05, 3.63) is 39.4 Å². The van der Waals surface area contributed by atoms with E-state index in [4.69, 9.17) is 10.7 Å². The molecule has 1 aromatic heterocycles. The number of hydrogen-bond donors (Lipinski definition) is 1. The predicted molar refractivity (Wildman–Crippen MR) is 100.0 cm³/mol. The zero-order chi connectivity index (χ0) is 16.2. The minimum Gasteiger partial charge on any atom is -0.324 e.